The fourth-order valence-corrected chi connectivity index (χ4v) is 2.70. The highest BCUT2D eigenvalue weighted by Crippen LogP contribution is 2.18. The van der Waals surface area contributed by atoms with Crippen LogP contribution in [0.5, 0.6) is 0 Å². The fourth-order valence-electron chi connectivity index (χ4n) is 2.16. The lowest BCUT2D eigenvalue weighted by molar-refractivity contribution is 0.540. The molecule has 16 heavy (non-hydrogen) atoms. The predicted molar refractivity (Wildman–Crippen MR) is 68.0 cm³/mol. The topological polar surface area (TPSA) is 41.0 Å². The molecule has 1 unspecified atom stereocenters. The van der Waals surface area contributed by atoms with Gasteiger partial charge in [-0.2, -0.15) is 4.37 Å². The molecule has 90 valence electrons. The summed E-state index contributed by atoms with van der Waals surface area (Å²) in [4.78, 5) is 6.68. The molecular formula is C11H20N4S. The first-order valence-electron chi connectivity index (χ1n) is 6.00. The fraction of sp³-hybridized carbons (Fsp3) is 0.818. The van der Waals surface area contributed by atoms with Gasteiger partial charge in [0.25, 0.3) is 0 Å². The minimum Gasteiger partial charge on any atom is -0.345 e. The third-order valence-electron chi connectivity index (χ3n) is 2.81. The highest BCUT2D eigenvalue weighted by molar-refractivity contribution is 7.09. The summed E-state index contributed by atoms with van der Waals surface area (Å²) in [6, 6.07) is 0.627. The van der Waals surface area contributed by atoms with Crippen molar-refractivity contribution in [1.29, 1.82) is 0 Å². The van der Waals surface area contributed by atoms with E-state index in [1.54, 1.807) is 6.33 Å². The summed E-state index contributed by atoms with van der Waals surface area (Å²) in [5.74, 6) is 0.658. The highest BCUT2D eigenvalue weighted by atomic mass is 32.1. The second kappa shape index (κ2) is 5.59. The van der Waals surface area contributed by atoms with Gasteiger partial charge < -0.3 is 10.2 Å². The molecule has 2 rings (SSSR count). The third kappa shape index (κ3) is 3.15. The molecule has 0 spiro atoms. The van der Waals surface area contributed by atoms with Crippen molar-refractivity contribution in [2.75, 3.05) is 24.5 Å². The number of nitrogens with zero attached hydrogens (tertiary/aromatic N) is 3. The first kappa shape index (κ1) is 11.8. The van der Waals surface area contributed by atoms with Gasteiger partial charge in [0.05, 0.1) is 0 Å². The lowest BCUT2D eigenvalue weighted by Crippen LogP contribution is -2.39. The minimum atomic E-state index is 0.627. The highest BCUT2D eigenvalue weighted by Gasteiger charge is 2.20. The maximum atomic E-state index is 4.32. The van der Waals surface area contributed by atoms with Gasteiger partial charge in [-0.25, -0.2) is 4.98 Å². The summed E-state index contributed by atoms with van der Waals surface area (Å²) in [6.07, 6.45) is 4.24. The average molecular weight is 240 g/mol. The molecule has 1 atom stereocenters. The van der Waals surface area contributed by atoms with Crippen LogP contribution >= 0.6 is 11.5 Å². The van der Waals surface area contributed by atoms with Gasteiger partial charge in [-0.05, 0) is 25.3 Å². The number of hydrogen-bond donors (Lipinski definition) is 1. The monoisotopic (exact) mass is 240 g/mol. The maximum Gasteiger partial charge on any atom is 0.204 e. The zero-order valence-electron chi connectivity index (χ0n) is 10.0. The molecule has 2 heterocycles. The number of anilines is 1. The van der Waals surface area contributed by atoms with E-state index in [4.69, 9.17) is 0 Å². The van der Waals surface area contributed by atoms with Crippen molar-refractivity contribution < 1.29 is 0 Å². The smallest absolute Gasteiger partial charge is 0.204 e. The van der Waals surface area contributed by atoms with Crippen LogP contribution in [0, 0.1) is 5.92 Å². The van der Waals surface area contributed by atoms with Crippen LogP contribution in [0.4, 0.5) is 5.13 Å². The Morgan fingerprint density at radius 3 is 3.06 bits per heavy atom. The zero-order chi connectivity index (χ0) is 11.4. The molecule has 0 aromatic carbocycles. The lowest BCUT2D eigenvalue weighted by Gasteiger charge is -2.26. The summed E-state index contributed by atoms with van der Waals surface area (Å²) in [7, 11) is 0. The Morgan fingerprint density at radius 1 is 1.62 bits per heavy atom. The predicted octanol–water partition coefficient (Wildman–Crippen LogP) is 1.75. The van der Waals surface area contributed by atoms with Crippen molar-refractivity contribution in [3.8, 4) is 0 Å². The van der Waals surface area contributed by atoms with E-state index in [1.165, 1.54) is 24.4 Å². The van der Waals surface area contributed by atoms with Crippen molar-refractivity contribution >= 4 is 16.7 Å². The standard InChI is InChI=1S/C11H20N4S/c1-9(2)6-15(11-13-8-14-16-11)7-10-4-3-5-12-10/h8-10,12H,3-7H2,1-2H3. The largest absolute Gasteiger partial charge is 0.345 e. The molecule has 1 N–H and O–H groups in total. The van der Waals surface area contributed by atoms with E-state index in [9.17, 15) is 0 Å². The molecule has 1 aliphatic rings. The Balaban J connectivity index is 1.96. The summed E-state index contributed by atoms with van der Waals surface area (Å²) in [6.45, 7) is 7.78. The molecule has 4 nitrogen and oxygen atoms in total. The SMILES string of the molecule is CC(C)CN(CC1CCCN1)c1ncns1. The molecule has 1 saturated heterocycles. The van der Waals surface area contributed by atoms with Gasteiger partial charge in [-0.1, -0.05) is 13.8 Å². The van der Waals surface area contributed by atoms with Gasteiger partial charge >= 0.3 is 0 Å². The van der Waals surface area contributed by atoms with E-state index in [1.807, 2.05) is 0 Å². The van der Waals surface area contributed by atoms with Crippen LogP contribution in [0.25, 0.3) is 0 Å². The summed E-state index contributed by atoms with van der Waals surface area (Å²) >= 11 is 1.49. The molecule has 0 radical (unpaired) electrons. The Labute approximate surface area is 101 Å². The zero-order valence-corrected chi connectivity index (χ0v) is 10.8. The second-order valence-electron chi connectivity index (χ2n) is 4.82. The average Bonchev–Trinajstić information content (AvgIpc) is 2.88. The number of rotatable bonds is 5. The molecule has 0 saturated carbocycles. The number of nitrogens with one attached hydrogen (secondary N) is 1. The maximum absolute atomic E-state index is 4.32. The van der Waals surface area contributed by atoms with Crippen LogP contribution in [0.1, 0.15) is 26.7 Å². The summed E-state index contributed by atoms with van der Waals surface area (Å²) < 4.78 is 4.09. The Hall–Kier alpha value is -0.680. The Morgan fingerprint density at radius 2 is 2.50 bits per heavy atom. The van der Waals surface area contributed by atoms with Gasteiger partial charge in [0.15, 0.2) is 0 Å². The molecule has 1 aromatic rings. The summed E-state index contributed by atoms with van der Waals surface area (Å²) in [5, 5.41) is 4.59. The van der Waals surface area contributed by atoms with Crippen molar-refractivity contribution in [3.63, 3.8) is 0 Å². The van der Waals surface area contributed by atoms with Crippen molar-refractivity contribution in [2.45, 2.75) is 32.7 Å². The van der Waals surface area contributed by atoms with E-state index >= 15 is 0 Å². The molecule has 0 amide bonds. The normalized spacial score (nSPS) is 20.6. The second-order valence-corrected chi connectivity index (χ2v) is 5.57. The van der Waals surface area contributed by atoms with E-state index in [2.05, 4.69) is 33.4 Å². The van der Waals surface area contributed by atoms with Crippen LogP contribution < -0.4 is 10.2 Å². The molecule has 0 bridgehead atoms. The van der Waals surface area contributed by atoms with Gasteiger partial charge in [-0.15, -0.1) is 0 Å². The first-order chi connectivity index (χ1) is 7.75. The van der Waals surface area contributed by atoms with E-state index in [0.29, 0.717) is 12.0 Å². The van der Waals surface area contributed by atoms with E-state index in [-0.39, 0.29) is 0 Å². The van der Waals surface area contributed by atoms with Gasteiger partial charge in [-0.3, -0.25) is 0 Å². The van der Waals surface area contributed by atoms with E-state index in [0.717, 1.165) is 24.8 Å². The molecule has 5 heteroatoms. The van der Waals surface area contributed by atoms with Gasteiger partial charge in [0.2, 0.25) is 5.13 Å². The van der Waals surface area contributed by atoms with Crippen molar-refractivity contribution in [3.05, 3.63) is 6.33 Å². The third-order valence-corrected chi connectivity index (χ3v) is 3.54. The Bertz CT molecular complexity index is 293. The lowest BCUT2D eigenvalue weighted by atomic mass is 10.2. The molecular weight excluding hydrogens is 220 g/mol. The van der Waals surface area contributed by atoms with Crippen LogP contribution in [-0.4, -0.2) is 35.0 Å². The first-order valence-corrected chi connectivity index (χ1v) is 6.78. The van der Waals surface area contributed by atoms with E-state index < -0.39 is 0 Å². The van der Waals surface area contributed by atoms with Gasteiger partial charge in [0.1, 0.15) is 6.33 Å². The van der Waals surface area contributed by atoms with Crippen molar-refractivity contribution in [1.82, 2.24) is 14.7 Å². The Kier molecular flexibility index (Phi) is 4.12. The summed E-state index contributed by atoms with van der Waals surface area (Å²) in [5.41, 5.74) is 0. The van der Waals surface area contributed by atoms with Crippen LogP contribution in [0.2, 0.25) is 0 Å². The van der Waals surface area contributed by atoms with Crippen LogP contribution in [0.3, 0.4) is 0 Å². The van der Waals surface area contributed by atoms with Crippen LogP contribution in [-0.2, 0) is 0 Å². The number of hydrogen-bond acceptors (Lipinski definition) is 5. The van der Waals surface area contributed by atoms with Crippen molar-refractivity contribution in [2.24, 2.45) is 5.92 Å². The molecule has 1 aliphatic heterocycles. The minimum absolute atomic E-state index is 0.627. The molecule has 1 fully saturated rings. The molecule has 0 aliphatic carbocycles. The number of aromatic nitrogens is 2. The quantitative estimate of drug-likeness (QED) is 0.851. The van der Waals surface area contributed by atoms with Crippen LogP contribution in [0.15, 0.2) is 6.33 Å². The molecule has 1 aromatic heterocycles. The van der Waals surface area contributed by atoms with Gasteiger partial charge in [0, 0.05) is 30.7 Å².